The van der Waals surface area contributed by atoms with Crippen molar-refractivity contribution in [3.8, 4) is 16.5 Å². The van der Waals surface area contributed by atoms with Gasteiger partial charge in [-0.15, -0.1) is 11.3 Å². The molecule has 174 valence electrons. The van der Waals surface area contributed by atoms with Crippen LogP contribution in [0.5, 0.6) is 5.88 Å². The number of hydrogen-bond acceptors (Lipinski definition) is 7. The molecule has 1 saturated carbocycles. The molecule has 0 radical (unpaired) electrons. The largest absolute Gasteiger partial charge is 0.493 e. The summed E-state index contributed by atoms with van der Waals surface area (Å²) in [6.07, 6.45) is 4.60. The number of fused-ring (bicyclic) bond motifs is 1. The van der Waals surface area contributed by atoms with Gasteiger partial charge in [0.15, 0.2) is 11.1 Å². The number of likely N-dealkylation sites (tertiary alicyclic amines) is 1. The number of thiophene rings is 1. The van der Waals surface area contributed by atoms with Crippen LogP contribution in [0.15, 0.2) is 34.2 Å². The van der Waals surface area contributed by atoms with E-state index in [0.29, 0.717) is 39.9 Å². The zero-order valence-electron chi connectivity index (χ0n) is 17.9. The summed E-state index contributed by atoms with van der Waals surface area (Å²) in [4.78, 5) is 41.4. The molecule has 4 aromatic rings. The minimum Gasteiger partial charge on any atom is -0.493 e. The molecule has 0 bridgehead atoms. The van der Waals surface area contributed by atoms with Gasteiger partial charge in [0.25, 0.3) is 5.91 Å². The Labute approximate surface area is 195 Å². The van der Waals surface area contributed by atoms with Crippen molar-refractivity contribution in [2.24, 2.45) is 4.99 Å². The number of hydrogen-bond donors (Lipinski definition) is 3. The van der Waals surface area contributed by atoms with Crippen LogP contribution in [0.1, 0.15) is 34.6 Å². The van der Waals surface area contributed by atoms with E-state index < -0.39 is 11.9 Å². The van der Waals surface area contributed by atoms with Crippen LogP contribution in [0.2, 0.25) is 0 Å². The first-order valence-corrected chi connectivity index (χ1v) is 11.8. The fraction of sp³-hybridized carbons (Fsp3) is 0.318. The lowest BCUT2D eigenvalue weighted by molar-refractivity contribution is 0.0787. The van der Waals surface area contributed by atoms with Gasteiger partial charge in [-0.3, -0.25) is 14.8 Å². The van der Waals surface area contributed by atoms with Crippen LogP contribution < -0.4 is 16.4 Å². The predicted molar refractivity (Wildman–Crippen MR) is 122 cm³/mol. The Morgan fingerprint density at radius 1 is 1.29 bits per heavy atom. The quantitative estimate of drug-likeness (QED) is 0.400. The molecule has 2 fully saturated rings. The van der Waals surface area contributed by atoms with E-state index in [9.17, 15) is 19.1 Å². The first-order chi connectivity index (χ1) is 16.4. The minimum atomic E-state index is -0.968. The van der Waals surface area contributed by atoms with Crippen LogP contribution in [-0.4, -0.2) is 65.8 Å². The van der Waals surface area contributed by atoms with Crippen LogP contribution in [0.25, 0.3) is 22.3 Å². The highest BCUT2D eigenvalue weighted by atomic mass is 32.1. The molecule has 10 nitrogen and oxygen atoms in total. The highest BCUT2D eigenvalue weighted by Crippen LogP contribution is 2.28. The second-order valence-corrected chi connectivity index (χ2v) is 9.57. The van der Waals surface area contributed by atoms with Crippen LogP contribution >= 0.6 is 11.3 Å². The predicted octanol–water partition coefficient (Wildman–Crippen LogP) is 0.975. The van der Waals surface area contributed by atoms with Crippen molar-refractivity contribution >= 4 is 29.0 Å². The van der Waals surface area contributed by atoms with Crippen molar-refractivity contribution < 1.29 is 14.3 Å². The molecule has 1 aliphatic carbocycles. The molecular formula is C22H20FN7O3S. The van der Waals surface area contributed by atoms with Gasteiger partial charge in [-0.05, 0) is 37.5 Å². The van der Waals surface area contributed by atoms with E-state index in [0.717, 1.165) is 17.7 Å². The number of aromatic amines is 2. The Balaban J connectivity index is 1.46. The molecule has 2 aliphatic rings. The lowest BCUT2D eigenvalue weighted by Gasteiger charge is -2.13. The van der Waals surface area contributed by atoms with Crippen molar-refractivity contribution in [1.29, 1.82) is 0 Å². The Morgan fingerprint density at radius 2 is 2.15 bits per heavy atom. The van der Waals surface area contributed by atoms with E-state index in [4.69, 9.17) is 9.98 Å². The van der Waals surface area contributed by atoms with Gasteiger partial charge in [0, 0.05) is 17.8 Å². The molecule has 12 heteroatoms. The second-order valence-electron chi connectivity index (χ2n) is 8.48. The van der Waals surface area contributed by atoms with E-state index in [-0.39, 0.29) is 30.1 Å². The van der Waals surface area contributed by atoms with Gasteiger partial charge in [-0.25, -0.2) is 14.2 Å². The summed E-state index contributed by atoms with van der Waals surface area (Å²) in [5, 5.41) is 14.9. The van der Waals surface area contributed by atoms with Crippen molar-refractivity contribution in [2.75, 3.05) is 13.1 Å². The summed E-state index contributed by atoms with van der Waals surface area (Å²) < 4.78 is 15.2. The number of carbonyl (C=O) groups is 1. The number of alkyl halides is 1. The number of amides is 1. The highest BCUT2D eigenvalue weighted by Gasteiger charge is 2.27. The first kappa shape index (κ1) is 20.8. The Hall–Kier alpha value is -3.80. The molecule has 1 atom stereocenters. The van der Waals surface area contributed by atoms with E-state index in [1.807, 2.05) is 12.1 Å². The van der Waals surface area contributed by atoms with E-state index >= 15 is 0 Å². The summed E-state index contributed by atoms with van der Waals surface area (Å²) in [6, 6.07) is 5.65. The molecule has 5 heterocycles. The van der Waals surface area contributed by atoms with Gasteiger partial charge in [-0.2, -0.15) is 9.61 Å². The van der Waals surface area contributed by atoms with Crippen LogP contribution in [-0.2, 0) is 0 Å². The Bertz CT molecular complexity index is 1600. The van der Waals surface area contributed by atoms with Crippen LogP contribution in [0, 0.1) is 0 Å². The molecule has 6 rings (SSSR count). The molecular weight excluding hydrogens is 461 g/mol. The van der Waals surface area contributed by atoms with E-state index in [2.05, 4.69) is 15.1 Å². The number of imidazole rings is 1. The third-order valence-corrected chi connectivity index (χ3v) is 6.96. The van der Waals surface area contributed by atoms with Crippen molar-refractivity contribution in [3.05, 3.63) is 56.2 Å². The molecule has 4 aromatic heterocycles. The number of rotatable bonds is 4. The third-order valence-electron chi connectivity index (χ3n) is 5.86. The number of H-pyrrole nitrogens is 2. The number of carbonyl (C=O) groups excluding carboxylic acids is 1. The molecule has 0 aromatic carbocycles. The second kappa shape index (κ2) is 7.90. The fourth-order valence-electron chi connectivity index (χ4n) is 3.97. The zero-order chi connectivity index (χ0) is 23.4. The van der Waals surface area contributed by atoms with Gasteiger partial charge in [0.1, 0.15) is 11.9 Å². The maximum atomic E-state index is 13.6. The normalized spacial score (nSPS) is 19.6. The van der Waals surface area contributed by atoms with Crippen molar-refractivity contribution in [3.63, 3.8) is 0 Å². The monoisotopic (exact) mass is 481 g/mol. The van der Waals surface area contributed by atoms with Gasteiger partial charge in [0.05, 0.1) is 34.2 Å². The first-order valence-electron chi connectivity index (χ1n) is 10.9. The fourth-order valence-corrected chi connectivity index (χ4v) is 4.91. The summed E-state index contributed by atoms with van der Waals surface area (Å²) in [7, 11) is 0. The Kier molecular flexibility index (Phi) is 4.83. The summed E-state index contributed by atoms with van der Waals surface area (Å²) in [5.74, 6) is -0.451. The number of halogens is 1. The average Bonchev–Trinajstić information content (AvgIpc) is 3.18. The molecule has 34 heavy (non-hydrogen) atoms. The van der Waals surface area contributed by atoms with E-state index in [1.165, 1.54) is 11.3 Å². The molecule has 3 N–H and O–H groups in total. The molecule has 1 aliphatic heterocycles. The zero-order valence-corrected chi connectivity index (χ0v) is 18.7. The van der Waals surface area contributed by atoms with Gasteiger partial charge in [-0.1, -0.05) is 0 Å². The minimum absolute atomic E-state index is 0.129. The maximum absolute atomic E-state index is 13.6. The summed E-state index contributed by atoms with van der Waals surface area (Å²) >= 11 is 1.30. The molecule has 0 unspecified atom stereocenters. The topological polar surface area (TPSA) is 132 Å². The number of nitrogens with one attached hydrogen (secondary N) is 2. The summed E-state index contributed by atoms with van der Waals surface area (Å²) in [5.41, 5.74) is 1.46. The maximum Gasteiger partial charge on any atom is 0.326 e. The van der Waals surface area contributed by atoms with Crippen molar-refractivity contribution in [1.82, 2.24) is 29.5 Å². The summed E-state index contributed by atoms with van der Waals surface area (Å²) in [6.45, 7) is 0.550. The number of aromatic hydroxyl groups is 1. The van der Waals surface area contributed by atoms with Gasteiger partial charge in [0.2, 0.25) is 5.88 Å². The number of nitrogens with zero attached hydrogens (tertiary/aromatic N) is 5. The number of aromatic nitrogens is 5. The molecule has 1 saturated heterocycles. The smallest absolute Gasteiger partial charge is 0.326 e. The van der Waals surface area contributed by atoms with Crippen molar-refractivity contribution in [2.45, 2.75) is 31.5 Å². The Morgan fingerprint density at radius 3 is 2.85 bits per heavy atom. The standard InChI is InChI=1S/C22H20FN7O3S/c23-12-5-6-29(10-12)21(32)17-4-3-16(34-17)14-8-18(25-13-1-2-13)30-19(26-14)11(9-24-30)7-15-20(31)28-22(33)27-15/h3-4,7-9,12-13,31H,1-2,5-6,10H2,(H2,27,28,33)/t12-/m0/s1. The average molecular weight is 482 g/mol. The lowest BCUT2D eigenvalue weighted by Crippen LogP contribution is -2.28. The molecule has 0 spiro atoms. The van der Waals surface area contributed by atoms with Crippen LogP contribution in [0.3, 0.4) is 0 Å². The lowest BCUT2D eigenvalue weighted by atomic mass is 10.3. The molecule has 1 amide bonds. The van der Waals surface area contributed by atoms with Gasteiger partial charge >= 0.3 is 5.69 Å². The third kappa shape index (κ3) is 3.79. The van der Waals surface area contributed by atoms with Crippen LogP contribution in [0.4, 0.5) is 4.39 Å². The van der Waals surface area contributed by atoms with Gasteiger partial charge < -0.3 is 15.0 Å². The van der Waals surface area contributed by atoms with E-state index in [1.54, 1.807) is 27.8 Å². The SMILES string of the molecule is O=C(c1ccc(-c2cc(=NC3CC3)n3ncc(=Cc4[nH]c(=O)[nH]c4O)c3n2)s1)N1CC[C@H](F)C1. The highest BCUT2D eigenvalue weighted by molar-refractivity contribution is 7.17.